The molecule has 2 aromatic heterocycles. The number of oxazole rings is 1. The lowest BCUT2D eigenvalue weighted by Crippen LogP contribution is -2.31. The molecule has 1 unspecified atom stereocenters. The predicted molar refractivity (Wildman–Crippen MR) is 127 cm³/mol. The van der Waals surface area contributed by atoms with Crippen LogP contribution in [0.25, 0.3) is 33.1 Å². The molecule has 1 amide bonds. The average Bonchev–Trinajstić information content (AvgIpc) is 3.61. The Morgan fingerprint density at radius 3 is 2.82 bits per heavy atom. The molecule has 164 valence electrons. The van der Waals surface area contributed by atoms with Crippen molar-refractivity contribution in [3.8, 4) is 11.1 Å². The number of H-pyrrole nitrogens is 1. The van der Waals surface area contributed by atoms with Gasteiger partial charge in [0.25, 0.3) is 0 Å². The summed E-state index contributed by atoms with van der Waals surface area (Å²) in [7, 11) is 0. The summed E-state index contributed by atoms with van der Waals surface area (Å²) < 4.78 is 11.7. The maximum atomic E-state index is 12.8. The largest absolute Gasteiger partial charge is 0.445 e. The van der Waals surface area contributed by atoms with Gasteiger partial charge in [-0.2, -0.15) is 0 Å². The summed E-state index contributed by atoms with van der Waals surface area (Å²) in [6, 6.07) is 24.0. The molecule has 1 N–H and O–H groups in total. The Morgan fingerprint density at radius 2 is 1.91 bits per heavy atom. The van der Waals surface area contributed by atoms with E-state index in [2.05, 4.69) is 35.3 Å². The Kier molecular flexibility index (Phi) is 4.83. The van der Waals surface area contributed by atoms with E-state index in [-0.39, 0.29) is 18.7 Å². The van der Waals surface area contributed by atoms with Crippen molar-refractivity contribution in [2.45, 2.75) is 25.5 Å². The summed E-state index contributed by atoms with van der Waals surface area (Å²) >= 11 is 0. The third-order valence-electron chi connectivity index (χ3n) is 6.27. The highest BCUT2D eigenvalue weighted by Gasteiger charge is 2.34. The molecule has 0 bridgehead atoms. The van der Waals surface area contributed by atoms with Gasteiger partial charge in [-0.05, 0) is 65.3 Å². The van der Waals surface area contributed by atoms with E-state index < -0.39 is 0 Å². The summed E-state index contributed by atoms with van der Waals surface area (Å²) in [5.41, 5.74) is 5.78. The van der Waals surface area contributed by atoms with Crippen LogP contribution < -0.4 is 0 Å². The topological polar surface area (TPSA) is 71.4 Å². The minimum absolute atomic E-state index is 0.208. The standard InChI is InChI=1S/C27H23N3O3/c31-27(32-17-18-5-2-1-3-6-18)30-14-4-7-24(30)26-29-23-11-9-20(16-25(23)33-26)19-8-10-22-21(15-19)12-13-28-22/h1-3,5-6,8-13,15-16,24,28H,4,7,14,17H2. The second-order valence-electron chi connectivity index (χ2n) is 8.41. The fraction of sp³-hybridized carbons (Fsp3) is 0.185. The Hall–Kier alpha value is -4.06. The van der Waals surface area contributed by atoms with Gasteiger partial charge in [0.2, 0.25) is 5.89 Å². The first-order valence-corrected chi connectivity index (χ1v) is 11.2. The van der Waals surface area contributed by atoms with Gasteiger partial charge in [-0.3, -0.25) is 4.90 Å². The summed E-state index contributed by atoms with van der Waals surface area (Å²) in [4.78, 5) is 22.4. The fourth-order valence-electron chi connectivity index (χ4n) is 4.54. The van der Waals surface area contributed by atoms with Crippen LogP contribution in [0.1, 0.15) is 30.3 Å². The Bertz CT molecular complexity index is 1440. The van der Waals surface area contributed by atoms with Crippen molar-refractivity contribution >= 4 is 28.1 Å². The maximum Gasteiger partial charge on any atom is 0.410 e. The molecular formula is C27H23N3O3. The average molecular weight is 437 g/mol. The third-order valence-corrected chi connectivity index (χ3v) is 6.27. The van der Waals surface area contributed by atoms with E-state index in [0.29, 0.717) is 12.4 Å². The van der Waals surface area contributed by atoms with E-state index in [9.17, 15) is 4.79 Å². The SMILES string of the molecule is O=C(OCc1ccccc1)N1CCCC1c1nc2ccc(-c3ccc4[nH]ccc4c3)cc2o1. The first kappa shape index (κ1) is 19.6. The molecule has 33 heavy (non-hydrogen) atoms. The highest BCUT2D eigenvalue weighted by atomic mass is 16.6. The number of amides is 1. The molecule has 0 spiro atoms. The third kappa shape index (κ3) is 3.74. The van der Waals surface area contributed by atoms with Crippen molar-refractivity contribution in [1.29, 1.82) is 0 Å². The van der Waals surface area contributed by atoms with Crippen LogP contribution in [0.15, 0.2) is 83.4 Å². The van der Waals surface area contributed by atoms with E-state index in [0.717, 1.165) is 46.1 Å². The predicted octanol–water partition coefficient (Wildman–Crippen LogP) is 6.45. The molecule has 1 aliphatic rings. The van der Waals surface area contributed by atoms with Gasteiger partial charge in [-0.25, -0.2) is 9.78 Å². The number of ether oxygens (including phenoxy) is 1. The monoisotopic (exact) mass is 437 g/mol. The maximum absolute atomic E-state index is 12.8. The zero-order chi connectivity index (χ0) is 22.2. The number of carbonyl (C=O) groups is 1. The smallest absolute Gasteiger partial charge is 0.410 e. The fourth-order valence-corrected chi connectivity index (χ4v) is 4.54. The molecule has 0 saturated carbocycles. The Labute approximate surface area is 190 Å². The van der Waals surface area contributed by atoms with E-state index >= 15 is 0 Å². The molecule has 1 saturated heterocycles. The lowest BCUT2D eigenvalue weighted by Gasteiger charge is -2.21. The molecule has 0 aliphatic carbocycles. The molecular weight excluding hydrogens is 414 g/mol. The highest BCUT2D eigenvalue weighted by Crippen LogP contribution is 2.35. The lowest BCUT2D eigenvalue weighted by molar-refractivity contribution is 0.0881. The van der Waals surface area contributed by atoms with Crippen LogP contribution in [0.3, 0.4) is 0 Å². The number of fused-ring (bicyclic) bond motifs is 2. The van der Waals surface area contributed by atoms with Crippen molar-refractivity contribution in [2.24, 2.45) is 0 Å². The van der Waals surface area contributed by atoms with E-state index in [1.54, 1.807) is 4.90 Å². The molecule has 3 aromatic carbocycles. The van der Waals surface area contributed by atoms with Gasteiger partial charge in [0.15, 0.2) is 5.58 Å². The van der Waals surface area contributed by atoms with Gasteiger partial charge < -0.3 is 14.1 Å². The molecule has 6 rings (SSSR count). The lowest BCUT2D eigenvalue weighted by atomic mass is 10.0. The van der Waals surface area contributed by atoms with Crippen LogP contribution >= 0.6 is 0 Å². The van der Waals surface area contributed by atoms with Crippen LogP contribution in [0.2, 0.25) is 0 Å². The normalized spacial score (nSPS) is 16.0. The van der Waals surface area contributed by atoms with Crippen molar-refractivity contribution in [1.82, 2.24) is 14.9 Å². The Balaban J connectivity index is 1.23. The number of carbonyl (C=O) groups excluding carboxylic acids is 1. The minimum atomic E-state index is -0.330. The van der Waals surface area contributed by atoms with Gasteiger partial charge in [-0.1, -0.05) is 42.5 Å². The number of nitrogens with one attached hydrogen (secondary N) is 1. The van der Waals surface area contributed by atoms with Gasteiger partial charge in [-0.15, -0.1) is 0 Å². The molecule has 0 radical (unpaired) electrons. The number of aromatic amines is 1. The number of likely N-dealkylation sites (tertiary alicyclic amines) is 1. The highest BCUT2D eigenvalue weighted by molar-refractivity contribution is 5.87. The number of nitrogens with zero attached hydrogens (tertiary/aromatic N) is 2. The minimum Gasteiger partial charge on any atom is -0.445 e. The molecule has 3 heterocycles. The van der Waals surface area contributed by atoms with E-state index in [1.165, 1.54) is 5.39 Å². The second-order valence-corrected chi connectivity index (χ2v) is 8.41. The van der Waals surface area contributed by atoms with Crippen molar-refractivity contribution in [3.05, 3.63) is 90.4 Å². The van der Waals surface area contributed by atoms with Gasteiger partial charge in [0.05, 0.1) is 0 Å². The molecule has 1 aliphatic heterocycles. The molecule has 6 nitrogen and oxygen atoms in total. The number of hydrogen-bond acceptors (Lipinski definition) is 4. The second kappa shape index (κ2) is 8.13. The van der Waals surface area contributed by atoms with E-state index in [4.69, 9.17) is 14.1 Å². The zero-order valence-electron chi connectivity index (χ0n) is 18.0. The van der Waals surface area contributed by atoms with Crippen molar-refractivity contribution < 1.29 is 13.9 Å². The van der Waals surface area contributed by atoms with Crippen molar-refractivity contribution in [3.63, 3.8) is 0 Å². The van der Waals surface area contributed by atoms with Crippen LogP contribution in [-0.2, 0) is 11.3 Å². The first-order valence-electron chi connectivity index (χ1n) is 11.2. The summed E-state index contributed by atoms with van der Waals surface area (Å²) in [5, 5.41) is 1.17. The van der Waals surface area contributed by atoms with Crippen LogP contribution in [-0.4, -0.2) is 27.5 Å². The van der Waals surface area contributed by atoms with Gasteiger partial charge in [0.1, 0.15) is 18.2 Å². The van der Waals surface area contributed by atoms with Gasteiger partial charge >= 0.3 is 6.09 Å². The van der Waals surface area contributed by atoms with Crippen LogP contribution in [0.4, 0.5) is 4.79 Å². The summed E-state index contributed by atoms with van der Waals surface area (Å²) in [5.74, 6) is 0.567. The number of rotatable bonds is 4. The summed E-state index contributed by atoms with van der Waals surface area (Å²) in [6.45, 7) is 0.893. The van der Waals surface area contributed by atoms with Crippen molar-refractivity contribution in [2.75, 3.05) is 6.54 Å². The first-order chi connectivity index (χ1) is 16.2. The number of aromatic nitrogens is 2. The number of benzene rings is 3. The molecule has 1 fully saturated rings. The van der Waals surface area contributed by atoms with Crippen LogP contribution in [0, 0.1) is 0 Å². The molecule has 1 atom stereocenters. The quantitative estimate of drug-likeness (QED) is 0.351. The summed E-state index contributed by atoms with van der Waals surface area (Å²) in [6.07, 6.45) is 3.32. The Morgan fingerprint density at radius 1 is 1.06 bits per heavy atom. The zero-order valence-corrected chi connectivity index (χ0v) is 18.0. The van der Waals surface area contributed by atoms with E-state index in [1.807, 2.05) is 48.7 Å². The molecule has 5 aromatic rings. The van der Waals surface area contributed by atoms with Crippen LogP contribution in [0.5, 0.6) is 0 Å². The molecule has 6 heteroatoms. The number of hydrogen-bond donors (Lipinski definition) is 1. The van der Waals surface area contributed by atoms with Gasteiger partial charge in [0, 0.05) is 18.3 Å².